The first-order valence-electron chi connectivity index (χ1n) is 7.86. The van der Waals surface area contributed by atoms with Gasteiger partial charge in [-0.2, -0.15) is 4.98 Å². The highest BCUT2D eigenvalue weighted by atomic mass is 16.2. The van der Waals surface area contributed by atoms with E-state index in [1.807, 2.05) is 37.4 Å². The third kappa shape index (κ3) is 3.93. The number of aryl methyl sites for hydroxylation is 1. The van der Waals surface area contributed by atoms with Gasteiger partial charge in [0.1, 0.15) is 0 Å². The average molecular weight is 300 g/mol. The molecule has 2 aromatic rings. The molecule has 5 heteroatoms. The number of aromatic nitrogens is 3. The standard InChI is InChI=1S/C17H24N4O/c1-4-5-6-10-13-15(22)20(2)17-18-16(21(3)19-17)14-11-8-7-9-12-14/h7-9,11-12H,4-6,10,13H2,1-3H3. The summed E-state index contributed by atoms with van der Waals surface area (Å²) in [6, 6.07) is 9.87. The molecule has 0 bridgehead atoms. The Hall–Kier alpha value is -2.17. The van der Waals surface area contributed by atoms with E-state index < -0.39 is 0 Å². The Balaban J connectivity index is 2.05. The zero-order valence-electron chi connectivity index (χ0n) is 13.6. The van der Waals surface area contributed by atoms with Gasteiger partial charge >= 0.3 is 0 Å². The number of carbonyl (C=O) groups excluding carboxylic acids is 1. The summed E-state index contributed by atoms with van der Waals surface area (Å²) in [5.74, 6) is 1.30. The van der Waals surface area contributed by atoms with Crippen molar-refractivity contribution in [2.75, 3.05) is 11.9 Å². The fourth-order valence-electron chi connectivity index (χ4n) is 2.33. The van der Waals surface area contributed by atoms with Crippen LogP contribution < -0.4 is 4.90 Å². The highest BCUT2D eigenvalue weighted by Gasteiger charge is 2.17. The third-order valence-electron chi connectivity index (χ3n) is 3.70. The lowest BCUT2D eigenvalue weighted by molar-refractivity contribution is -0.118. The maximum Gasteiger partial charge on any atom is 0.251 e. The number of carbonyl (C=O) groups is 1. The van der Waals surface area contributed by atoms with Crippen molar-refractivity contribution in [3.63, 3.8) is 0 Å². The van der Waals surface area contributed by atoms with Gasteiger partial charge in [0, 0.05) is 26.1 Å². The number of benzene rings is 1. The SMILES string of the molecule is CCCCCCC(=O)N(C)c1nc(-c2ccccc2)n(C)n1. The highest BCUT2D eigenvalue weighted by molar-refractivity contribution is 5.91. The lowest BCUT2D eigenvalue weighted by atomic mass is 10.1. The number of amides is 1. The van der Waals surface area contributed by atoms with Crippen molar-refractivity contribution in [2.45, 2.75) is 39.0 Å². The average Bonchev–Trinajstić information content (AvgIpc) is 2.93. The number of anilines is 1. The maximum atomic E-state index is 12.2. The molecule has 2 rings (SSSR count). The molecule has 0 aliphatic carbocycles. The fraction of sp³-hybridized carbons (Fsp3) is 0.471. The van der Waals surface area contributed by atoms with E-state index in [0.29, 0.717) is 12.4 Å². The van der Waals surface area contributed by atoms with Crippen LogP contribution in [0.4, 0.5) is 5.95 Å². The molecule has 0 aliphatic rings. The van der Waals surface area contributed by atoms with E-state index in [4.69, 9.17) is 0 Å². The molecule has 5 nitrogen and oxygen atoms in total. The summed E-state index contributed by atoms with van der Waals surface area (Å²) in [7, 11) is 3.59. The molecule has 0 unspecified atom stereocenters. The topological polar surface area (TPSA) is 51.0 Å². The van der Waals surface area contributed by atoms with Crippen molar-refractivity contribution in [1.29, 1.82) is 0 Å². The minimum absolute atomic E-state index is 0.0707. The second-order valence-corrected chi connectivity index (χ2v) is 5.49. The summed E-state index contributed by atoms with van der Waals surface area (Å²) < 4.78 is 1.71. The predicted octanol–water partition coefficient (Wildman–Crippen LogP) is 3.42. The molecule has 1 amide bonds. The Labute approximate surface area is 132 Å². The first-order valence-corrected chi connectivity index (χ1v) is 7.86. The largest absolute Gasteiger partial charge is 0.283 e. The van der Waals surface area contributed by atoms with Crippen LogP contribution in [0.25, 0.3) is 11.4 Å². The van der Waals surface area contributed by atoms with E-state index in [9.17, 15) is 4.79 Å². The summed E-state index contributed by atoms with van der Waals surface area (Å²) >= 11 is 0. The van der Waals surface area contributed by atoms with Crippen molar-refractivity contribution in [2.24, 2.45) is 7.05 Å². The molecule has 0 spiro atoms. The molecule has 0 aliphatic heterocycles. The molecule has 118 valence electrons. The summed E-state index contributed by atoms with van der Waals surface area (Å²) in [6.45, 7) is 2.16. The van der Waals surface area contributed by atoms with E-state index in [0.717, 1.165) is 24.2 Å². The predicted molar refractivity (Wildman–Crippen MR) is 88.6 cm³/mol. The summed E-state index contributed by atoms with van der Waals surface area (Å²) in [5.41, 5.74) is 0.993. The second-order valence-electron chi connectivity index (χ2n) is 5.49. The van der Waals surface area contributed by atoms with E-state index >= 15 is 0 Å². The van der Waals surface area contributed by atoms with Crippen LogP contribution in [0.15, 0.2) is 30.3 Å². The smallest absolute Gasteiger partial charge is 0.251 e. The van der Waals surface area contributed by atoms with Gasteiger partial charge in [0.05, 0.1) is 0 Å². The van der Waals surface area contributed by atoms with E-state index in [-0.39, 0.29) is 5.91 Å². The quantitative estimate of drug-likeness (QED) is 0.736. The summed E-state index contributed by atoms with van der Waals surface area (Å²) in [4.78, 5) is 18.3. The van der Waals surface area contributed by atoms with Crippen molar-refractivity contribution in [1.82, 2.24) is 14.8 Å². The Morgan fingerprint density at radius 3 is 2.59 bits per heavy atom. The van der Waals surface area contributed by atoms with Crippen molar-refractivity contribution in [3.8, 4) is 11.4 Å². The molecule has 0 radical (unpaired) electrons. The molecular formula is C17H24N4O. The minimum Gasteiger partial charge on any atom is -0.283 e. The molecule has 0 fully saturated rings. The van der Waals surface area contributed by atoms with E-state index in [2.05, 4.69) is 17.0 Å². The van der Waals surface area contributed by atoms with Crippen LogP contribution in [0.5, 0.6) is 0 Å². The number of hydrogen-bond donors (Lipinski definition) is 0. The van der Waals surface area contributed by atoms with Crippen LogP contribution >= 0.6 is 0 Å². The van der Waals surface area contributed by atoms with E-state index in [1.165, 1.54) is 12.8 Å². The molecule has 1 aromatic heterocycles. The van der Waals surface area contributed by atoms with Gasteiger partial charge < -0.3 is 0 Å². The second kappa shape index (κ2) is 7.73. The molecule has 22 heavy (non-hydrogen) atoms. The zero-order valence-corrected chi connectivity index (χ0v) is 13.6. The Morgan fingerprint density at radius 2 is 1.91 bits per heavy atom. The summed E-state index contributed by atoms with van der Waals surface area (Å²) in [6.07, 6.45) is 4.93. The molecule has 0 atom stereocenters. The third-order valence-corrected chi connectivity index (χ3v) is 3.70. The first-order chi connectivity index (χ1) is 10.6. The molecule has 1 heterocycles. The molecule has 0 N–H and O–H groups in total. The van der Waals surface area contributed by atoms with Gasteiger partial charge in [-0.3, -0.25) is 9.69 Å². The number of rotatable bonds is 7. The maximum absolute atomic E-state index is 12.2. The van der Waals surface area contributed by atoms with Gasteiger partial charge in [-0.15, -0.1) is 5.10 Å². The van der Waals surface area contributed by atoms with Crippen LogP contribution in [0.3, 0.4) is 0 Å². The molecule has 1 aromatic carbocycles. The van der Waals surface area contributed by atoms with Crippen LogP contribution in [0, 0.1) is 0 Å². The van der Waals surface area contributed by atoms with Crippen molar-refractivity contribution in [3.05, 3.63) is 30.3 Å². The van der Waals surface area contributed by atoms with Gasteiger partial charge in [0.25, 0.3) is 5.95 Å². The minimum atomic E-state index is 0.0707. The lowest BCUT2D eigenvalue weighted by Gasteiger charge is -2.12. The number of unbranched alkanes of at least 4 members (excludes halogenated alkanes) is 3. The Morgan fingerprint density at radius 1 is 1.18 bits per heavy atom. The van der Waals surface area contributed by atoms with Crippen LogP contribution in [-0.4, -0.2) is 27.7 Å². The number of nitrogens with zero attached hydrogens (tertiary/aromatic N) is 4. The lowest BCUT2D eigenvalue weighted by Crippen LogP contribution is -2.27. The fourth-order valence-corrected chi connectivity index (χ4v) is 2.33. The van der Waals surface area contributed by atoms with Crippen molar-refractivity contribution >= 4 is 11.9 Å². The number of hydrogen-bond acceptors (Lipinski definition) is 3. The van der Waals surface area contributed by atoms with Gasteiger partial charge in [-0.1, -0.05) is 56.5 Å². The Bertz CT molecular complexity index is 606. The first kappa shape index (κ1) is 16.2. The van der Waals surface area contributed by atoms with Gasteiger partial charge in [0.2, 0.25) is 5.91 Å². The van der Waals surface area contributed by atoms with E-state index in [1.54, 1.807) is 16.6 Å². The van der Waals surface area contributed by atoms with Crippen LogP contribution in [-0.2, 0) is 11.8 Å². The monoisotopic (exact) mass is 300 g/mol. The van der Waals surface area contributed by atoms with Crippen LogP contribution in [0.2, 0.25) is 0 Å². The van der Waals surface area contributed by atoms with Crippen molar-refractivity contribution < 1.29 is 4.79 Å². The van der Waals surface area contributed by atoms with Gasteiger partial charge in [0.15, 0.2) is 5.82 Å². The molecular weight excluding hydrogens is 276 g/mol. The zero-order chi connectivity index (χ0) is 15.9. The molecule has 0 saturated carbocycles. The highest BCUT2D eigenvalue weighted by Crippen LogP contribution is 2.19. The van der Waals surface area contributed by atoms with Crippen LogP contribution in [0.1, 0.15) is 39.0 Å². The summed E-state index contributed by atoms with van der Waals surface area (Å²) in [5, 5.41) is 4.36. The Kier molecular flexibility index (Phi) is 5.69. The normalized spacial score (nSPS) is 10.7. The van der Waals surface area contributed by atoms with Gasteiger partial charge in [-0.05, 0) is 6.42 Å². The van der Waals surface area contributed by atoms with Gasteiger partial charge in [-0.25, -0.2) is 4.68 Å². The molecule has 0 saturated heterocycles.